The molecule has 0 spiro atoms. The minimum Gasteiger partial charge on any atom is -0.388 e. The molecule has 2 aliphatic rings. The monoisotopic (exact) mass is 357 g/mol. The minimum absolute atomic E-state index is 0.148. The van der Waals surface area contributed by atoms with Crippen molar-refractivity contribution in [3.05, 3.63) is 45.6 Å². The summed E-state index contributed by atoms with van der Waals surface area (Å²) >= 11 is 0. The average molecular weight is 357 g/mol. The molecule has 2 aliphatic heterocycles. The first-order valence-electron chi connectivity index (χ1n) is 9.35. The van der Waals surface area contributed by atoms with Gasteiger partial charge in [0.15, 0.2) is 0 Å². The summed E-state index contributed by atoms with van der Waals surface area (Å²) in [5.41, 5.74) is 2.11. The normalized spacial score (nSPS) is 28.6. The van der Waals surface area contributed by atoms with Gasteiger partial charge in [0, 0.05) is 43.5 Å². The van der Waals surface area contributed by atoms with E-state index in [1.165, 1.54) is 16.3 Å². The lowest BCUT2D eigenvalue weighted by atomic mass is 9.85. The first kappa shape index (κ1) is 17.4. The molecule has 0 radical (unpaired) electrons. The number of piperidine rings is 1. The van der Waals surface area contributed by atoms with Gasteiger partial charge in [-0.15, -0.1) is 0 Å². The topological polar surface area (TPSA) is 76.2 Å². The molecular weight excluding hydrogens is 330 g/mol. The molecule has 0 unspecified atom stereocenters. The third-order valence-electron chi connectivity index (χ3n) is 5.91. The van der Waals surface area contributed by atoms with Gasteiger partial charge in [-0.2, -0.15) is 10.2 Å². The second kappa shape index (κ2) is 6.32. The molecule has 140 valence electrons. The van der Waals surface area contributed by atoms with Crippen molar-refractivity contribution in [1.29, 1.82) is 0 Å². The fraction of sp³-hybridized carbons (Fsp3) is 0.632. The minimum atomic E-state index is -0.864. The molecule has 1 N–H and O–H groups in total. The number of hydrogen-bond acceptors (Lipinski definition) is 5. The Morgan fingerprint density at radius 2 is 1.88 bits per heavy atom. The molecule has 2 aromatic heterocycles. The Morgan fingerprint density at radius 3 is 2.50 bits per heavy atom. The highest BCUT2D eigenvalue weighted by atomic mass is 16.3. The molecule has 0 aromatic carbocycles. The smallest absolute Gasteiger partial charge is 0.266 e. The van der Waals surface area contributed by atoms with E-state index in [1.807, 2.05) is 25.6 Å². The fourth-order valence-corrected chi connectivity index (χ4v) is 4.74. The molecule has 4 rings (SSSR count). The van der Waals surface area contributed by atoms with E-state index >= 15 is 0 Å². The third-order valence-corrected chi connectivity index (χ3v) is 5.91. The fourth-order valence-electron chi connectivity index (χ4n) is 4.74. The Hall–Kier alpha value is -1.99. The van der Waals surface area contributed by atoms with Crippen LogP contribution in [0.4, 0.5) is 0 Å². The molecule has 2 saturated heterocycles. The number of aliphatic hydroxyl groups is 1. The van der Waals surface area contributed by atoms with Crippen LogP contribution < -0.4 is 5.56 Å². The van der Waals surface area contributed by atoms with Gasteiger partial charge in [-0.1, -0.05) is 0 Å². The number of rotatable bonds is 4. The number of hydrogen-bond donors (Lipinski definition) is 1. The highest BCUT2D eigenvalue weighted by molar-refractivity contribution is 5.17. The van der Waals surface area contributed by atoms with Gasteiger partial charge in [0.2, 0.25) is 0 Å². The largest absolute Gasteiger partial charge is 0.388 e. The van der Waals surface area contributed by atoms with Crippen molar-refractivity contribution in [3.63, 3.8) is 0 Å². The summed E-state index contributed by atoms with van der Waals surface area (Å²) in [5, 5.41) is 20.0. The van der Waals surface area contributed by atoms with Crippen molar-refractivity contribution in [2.75, 3.05) is 0 Å². The maximum atomic E-state index is 12.1. The van der Waals surface area contributed by atoms with Gasteiger partial charge in [0.1, 0.15) is 0 Å². The number of aromatic nitrogens is 4. The molecule has 2 bridgehead atoms. The Morgan fingerprint density at radius 1 is 1.19 bits per heavy atom. The first-order valence-corrected chi connectivity index (χ1v) is 9.35. The zero-order valence-electron chi connectivity index (χ0n) is 15.7. The molecule has 7 heteroatoms. The van der Waals surface area contributed by atoms with Crippen LogP contribution in [0.5, 0.6) is 0 Å². The summed E-state index contributed by atoms with van der Waals surface area (Å²) in [6.07, 6.45) is 5.66. The summed E-state index contributed by atoms with van der Waals surface area (Å²) in [7, 11) is 1.95. The predicted octanol–water partition coefficient (Wildman–Crippen LogP) is 1.15. The second-order valence-electron chi connectivity index (χ2n) is 8.07. The van der Waals surface area contributed by atoms with E-state index in [9.17, 15) is 9.90 Å². The van der Waals surface area contributed by atoms with E-state index in [2.05, 4.69) is 21.3 Å². The molecule has 2 aromatic rings. The molecule has 26 heavy (non-hydrogen) atoms. The SMILES string of the molecule is Cc1ccc(=O)n(CC2(O)C[C@H]3CC[C@H](C2)N3Cc2cn(C)nc2C)n1. The molecule has 0 saturated carbocycles. The van der Waals surface area contributed by atoms with Crippen LogP contribution in [-0.4, -0.2) is 47.3 Å². The van der Waals surface area contributed by atoms with Crippen molar-refractivity contribution in [2.24, 2.45) is 7.05 Å². The Balaban J connectivity index is 1.51. The number of aryl methyl sites for hydroxylation is 3. The number of fused-ring (bicyclic) bond motifs is 2. The Bertz CT molecular complexity index is 857. The third kappa shape index (κ3) is 3.21. The molecule has 2 atom stereocenters. The molecule has 7 nitrogen and oxygen atoms in total. The van der Waals surface area contributed by atoms with Gasteiger partial charge in [0.25, 0.3) is 5.56 Å². The van der Waals surface area contributed by atoms with Crippen molar-refractivity contribution in [3.8, 4) is 0 Å². The van der Waals surface area contributed by atoms with Crippen LogP contribution in [0.1, 0.15) is 42.6 Å². The van der Waals surface area contributed by atoms with E-state index in [0.717, 1.165) is 30.8 Å². The maximum absolute atomic E-state index is 12.1. The zero-order chi connectivity index (χ0) is 18.5. The van der Waals surface area contributed by atoms with Gasteiger partial charge >= 0.3 is 0 Å². The highest BCUT2D eigenvalue weighted by Gasteiger charge is 2.47. The summed E-state index contributed by atoms with van der Waals surface area (Å²) in [4.78, 5) is 14.6. The van der Waals surface area contributed by atoms with Crippen LogP contribution in [0.3, 0.4) is 0 Å². The van der Waals surface area contributed by atoms with E-state index in [4.69, 9.17) is 0 Å². The highest BCUT2D eigenvalue weighted by Crippen LogP contribution is 2.42. The molecule has 0 amide bonds. The standard InChI is InChI=1S/C19H27N5O2/c1-13-4-7-18(25)24(20-13)12-19(26)8-16-5-6-17(9-19)23(16)11-15-10-22(3)21-14(15)2/h4,7,10,16-17,26H,5-6,8-9,11-12H2,1-3H3/t16-,17-/m1/s1. The summed E-state index contributed by atoms with van der Waals surface area (Å²) in [5.74, 6) is 0. The van der Waals surface area contributed by atoms with E-state index in [0.29, 0.717) is 24.9 Å². The Kier molecular flexibility index (Phi) is 4.23. The van der Waals surface area contributed by atoms with Gasteiger partial charge < -0.3 is 5.11 Å². The van der Waals surface area contributed by atoms with Gasteiger partial charge in [-0.3, -0.25) is 14.4 Å². The maximum Gasteiger partial charge on any atom is 0.266 e. The lowest BCUT2D eigenvalue weighted by Gasteiger charge is -2.43. The quantitative estimate of drug-likeness (QED) is 0.888. The summed E-state index contributed by atoms with van der Waals surface area (Å²) in [6, 6.07) is 3.93. The van der Waals surface area contributed by atoms with Crippen molar-refractivity contribution >= 4 is 0 Å². The molecular formula is C19H27N5O2. The summed E-state index contributed by atoms with van der Waals surface area (Å²) < 4.78 is 3.29. The summed E-state index contributed by atoms with van der Waals surface area (Å²) in [6.45, 7) is 5.07. The Labute approximate surface area is 153 Å². The van der Waals surface area contributed by atoms with Crippen LogP contribution in [0.15, 0.2) is 23.1 Å². The van der Waals surface area contributed by atoms with E-state index in [-0.39, 0.29) is 12.1 Å². The van der Waals surface area contributed by atoms with Gasteiger partial charge in [-0.25, -0.2) is 4.68 Å². The van der Waals surface area contributed by atoms with Crippen LogP contribution in [0.25, 0.3) is 0 Å². The average Bonchev–Trinajstić information content (AvgIpc) is 3.00. The first-order chi connectivity index (χ1) is 12.3. The molecule has 0 aliphatic carbocycles. The van der Waals surface area contributed by atoms with Crippen molar-refractivity contribution in [2.45, 2.75) is 70.3 Å². The molecule has 2 fully saturated rings. The van der Waals surface area contributed by atoms with Crippen LogP contribution >= 0.6 is 0 Å². The zero-order valence-corrected chi connectivity index (χ0v) is 15.7. The van der Waals surface area contributed by atoms with E-state index in [1.54, 1.807) is 6.07 Å². The van der Waals surface area contributed by atoms with Crippen LogP contribution in [-0.2, 0) is 20.1 Å². The predicted molar refractivity (Wildman–Crippen MR) is 97.7 cm³/mol. The lowest BCUT2D eigenvalue weighted by molar-refractivity contribution is -0.0678. The molecule has 4 heterocycles. The van der Waals surface area contributed by atoms with Crippen molar-refractivity contribution < 1.29 is 5.11 Å². The number of nitrogens with zero attached hydrogens (tertiary/aromatic N) is 5. The van der Waals surface area contributed by atoms with Crippen LogP contribution in [0, 0.1) is 13.8 Å². The van der Waals surface area contributed by atoms with Gasteiger partial charge in [-0.05, 0) is 45.6 Å². The van der Waals surface area contributed by atoms with E-state index < -0.39 is 5.60 Å². The van der Waals surface area contributed by atoms with Crippen LogP contribution in [0.2, 0.25) is 0 Å². The van der Waals surface area contributed by atoms with Gasteiger partial charge in [0.05, 0.1) is 23.5 Å². The van der Waals surface area contributed by atoms with Crippen molar-refractivity contribution in [1.82, 2.24) is 24.5 Å². The second-order valence-corrected chi connectivity index (χ2v) is 8.07. The lowest BCUT2D eigenvalue weighted by Crippen LogP contribution is -2.53.